The maximum atomic E-state index is 3.53. The van der Waals surface area contributed by atoms with Gasteiger partial charge in [0, 0.05) is 13.1 Å². The maximum absolute atomic E-state index is 3.53. The molecular formula is C17H33N2. The van der Waals surface area contributed by atoms with Crippen molar-refractivity contribution in [3.8, 4) is 0 Å². The molecule has 0 aromatic rings. The van der Waals surface area contributed by atoms with E-state index >= 15 is 0 Å². The molecule has 1 unspecified atom stereocenters. The number of hydrogen-bond donors (Lipinski definition) is 1. The molecule has 2 heteroatoms. The van der Waals surface area contributed by atoms with E-state index in [0.717, 1.165) is 11.8 Å². The molecular weight excluding hydrogens is 232 g/mol. The van der Waals surface area contributed by atoms with Gasteiger partial charge in [0.1, 0.15) is 0 Å². The zero-order chi connectivity index (χ0) is 13.3. The fourth-order valence-electron chi connectivity index (χ4n) is 3.70. The molecule has 0 aromatic heterocycles. The molecule has 2 nitrogen and oxygen atoms in total. The summed E-state index contributed by atoms with van der Waals surface area (Å²) in [5, 5.41) is 3.53. The lowest BCUT2D eigenvalue weighted by molar-refractivity contribution is 0.232. The molecule has 0 amide bonds. The first kappa shape index (κ1) is 15.3. The summed E-state index contributed by atoms with van der Waals surface area (Å²) < 4.78 is 0. The average molecular weight is 265 g/mol. The van der Waals surface area contributed by atoms with Gasteiger partial charge in [0.15, 0.2) is 0 Å². The van der Waals surface area contributed by atoms with Gasteiger partial charge in [-0.3, -0.25) is 4.90 Å². The quantitative estimate of drug-likeness (QED) is 0.752. The van der Waals surface area contributed by atoms with Crippen molar-refractivity contribution >= 4 is 0 Å². The molecule has 1 atom stereocenters. The third-order valence-corrected chi connectivity index (χ3v) is 4.98. The number of nitrogens with zero attached hydrogens (tertiary/aromatic N) is 1. The summed E-state index contributed by atoms with van der Waals surface area (Å²) in [6.45, 7) is 9.81. The Labute approximate surface area is 120 Å². The van der Waals surface area contributed by atoms with Crippen molar-refractivity contribution in [3.63, 3.8) is 0 Å². The SMILES string of the molecule is CCN([CH]CCC1CCCNC1)CC1CCCCC1. The van der Waals surface area contributed by atoms with Crippen LogP contribution in [0.4, 0.5) is 0 Å². The molecule has 0 aromatic carbocycles. The molecule has 1 radical (unpaired) electrons. The molecule has 2 rings (SSSR count). The van der Waals surface area contributed by atoms with E-state index in [4.69, 9.17) is 0 Å². The molecule has 1 N–H and O–H groups in total. The van der Waals surface area contributed by atoms with Crippen LogP contribution in [0.2, 0.25) is 0 Å². The Bertz CT molecular complexity index is 217. The van der Waals surface area contributed by atoms with Crippen LogP contribution in [0.3, 0.4) is 0 Å². The van der Waals surface area contributed by atoms with Crippen LogP contribution in [0, 0.1) is 18.4 Å². The van der Waals surface area contributed by atoms with Crippen LogP contribution < -0.4 is 5.32 Å². The van der Waals surface area contributed by atoms with Crippen molar-refractivity contribution in [2.75, 3.05) is 26.2 Å². The van der Waals surface area contributed by atoms with Gasteiger partial charge in [0.2, 0.25) is 0 Å². The zero-order valence-electron chi connectivity index (χ0n) is 12.9. The van der Waals surface area contributed by atoms with Gasteiger partial charge in [-0.05, 0) is 70.0 Å². The second-order valence-electron chi connectivity index (χ2n) is 6.56. The standard InChI is InChI=1S/C17H33N2/c1-2-19(15-17-8-4-3-5-9-17)13-7-11-16-10-6-12-18-14-16/h13,16-18H,2-12,14-15H2,1H3. The second kappa shape index (κ2) is 8.97. The summed E-state index contributed by atoms with van der Waals surface area (Å²) >= 11 is 0. The number of rotatable bonds is 7. The Kier molecular flexibility index (Phi) is 7.23. The molecule has 2 fully saturated rings. The Morgan fingerprint density at radius 2 is 1.84 bits per heavy atom. The average Bonchev–Trinajstić information content (AvgIpc) is 2.48. The fraction of sp³-hybridized carbons (Fsp3) is 0.941. The van der Waals surface area contributed by atoms with Gasteiger partial charge in [0.05, 0.1) is 0 Å². The van der Waals surface area contributed by atoms with Gasteiger partial charge in [-0.15, -0.1) is 0 Å². The molecule has 1 saturated heterocycles. The molecule has 1 saturated carbocycles. The number of piperidine rings is 1. The molecule has 0 spiro atoms. The fourth-order valence-corrected chi connectivity index (χ4v) is 3.70. The largest absolute Gasteiger partial charge is 0.316 e. The summed E-state index contributed by atoms with van der Waals surface area (Å²) in [7, 11) is 0. The normalized spacial score (nSPS) is 25.9. The highest BCUT2D eigenvalue weighted by Crippen LogP contribution is 2.25. The minimum absolute atomic E-state index is 0.929. The smallest absolute Gasteiger partial charge is 0.0251 e. The summed E-state index contributed by atoms with van der Waals surface area (Å²) in [6, 6.07) is 0. The van der Waals surface area contributed by atoms with Crippen molar-refractivity contribution in [1.29, 1.82) is 0 Å². The first-order chi connectivity index (χ1) is 9.38. The molecule has 1 aliphatic carbocycles. The zero-order valence-corrected chi connectivity index (χ0v) is 12.9. The van der Waals surface area contributed by atoms with Crippen LogP contribution in [0.25, 0.3) is 0 Å². The van der Waals surface area contributed by atoms with E-state index in [-0.39, 0.29) is 0 Å². The number of nitrogens with one attached hydrogen (secondary N) is 1. The Morgan fingerprint density at radius 3 is 2.53 bits per heavy atom. The van der Waals surface area contributed by atoms with E-state index < -0.39 is 0 Å². The van der Waals surface area contributed by atoms with Crippen LogP contribution in [-0.2, 0) is 0 Å². The highest BCUT2D eigenvalue weighted by Gasteiger charge is 2.17. The summed E-state index contributed by atoms with van der Waals surface area (Å²) in [5.41, 5.74) is 0. The van der Waals surface area contributed by atoms with Crippen molar-refractivity contribution < 1.29 is 0 Å². The first-order valence-electron chi connectivity index (χ1n) is 8.66. The van der Waals surface area contributed by atoms with Gasteiger partial charge in [-0.2, -0.15) is 0 Å². The minimum atomic E-state index is 0.929. The minimum Gasteiger partial charge on any atom is -0.316 e. The van der Waals surface area contributed by atoms with E-state index in [1.807, 2.05) is 0 Å². The molecule has 2 aliphatic rings. The monoisotopic (exact) mass is 265 g/mol. The van der Waals surface area contributed by atoms with Crippen molar-refractivity contribution in [2.45, 2.75) is 64.7 Å². The molecule has 1 heterocycles. The molecule has 111 valence electrons. The topological polar surface area (TPSA) is 15.3 Å². The van der Waals surface area contributed by atoms with E-state index in [9.17, 15) is 0 Å². The summed E-state index contributed by atoms with van der Waals surface area (Å²) in [4.78, 5) is 2.59. The first-order valence-corrected chi connectivity index (χ1v) is 8.66. The van der Waals surface area contributed by atoms with Gasteiger partial charge in [0.25, 0.3) is 0 Å². The van der Waals surface area contributed by atoms with Crippen LogP contribution in [0.5, 0.6) is 0 Å². The summed E-state index contributed by atoms with van der Waals surface area (Å²) in [5.74, 6) is 1.90. The third kappa shape index (κ3) is 5.83. The number of hydrogen-bond acceptors (Lipinski definition) is 2. The van der Waals surface area contributed by atoms with Crippen LogP contribution in [-0.4, -0.2) is 31.1 Å². The maximum Gasteiger partial charge on any atom is 0.0251 e. The van der Waals surface area contributed by atoms with Crippen LogP contribution >= 0.6 is 0 Å². The second-order valence-corrected chi connectivity index (χ2v) is 6.56. The van der Waals surface area contributed by atoms with Crippen molar-refractivity contribution in [2.24, 2.45) is 11.8 Å². The van der Waals surface area contributed by atoms with Gasteiger partial charge >= 0.3 is 0 Å². The van der Waals surface area contributed by atoms with E-state index in [1.54, 1.807) is 0 Å². The summed E-state index contributed by atoms with van der Waals surface area (Å²) in [6.07, 6.45) is 12.8. The molecule has 19 heavy (non-hydrogen) atoms. The highest BCUT2D eigenvalue weighted by atomic mass is 15.1. The van der Waals surface area contributed by atoms with Crippen molar-refractivity contribution in [1.82, 2.24) is 10.2 Å². The Morgan fingerprint density at radius 1 is 1.05 bits per heavy atom. The Hall–Kier alpha value is -0.0800. The molecule has 1 aliphatic heterocycles. The molecule has 0 bridgehead atoms. The van der Waals surface area contributed by atoms with Gasteiger partial charge in [-0.25, -0.2) is 0 Å². The third-order valence-electron chi connectivity index (χ3n) is 4.98. The predicted octanol–water partition coefficient (Wildman–Crippen LogP) is 3.83. The lowest BCUT2D eigenvalue weighted by atomic mass is 9.89. The van der Waals surface area contributed by atoms with E-state index in [0.29, 0.717) is 0 Å². The van der Waals surface area contributed by atoms with E-state index in [1.165, 1.54) is 84.0 Å². The lowest BCUT2D eigenvalue weighted by Gasteiger charge is -2.29. The van der Waals surface area contributed by atoms with E-state index in [2.05, 4.69) is 23.7 Å². The predicted molar refractivity (Wildman–Crippen MR) is 82.9 cm³/mol. The highest BCUT2D eigenvalue weighted by molar-refractivity contribution is 4.77. The van der Waals surface area contributed by atoms with Gasteiger partial charge in [-0.1, -0.05) is 26.2 Å². The van der Waals surface area contributed by atoms with Crippen molar-refractivity contribution in [3.05, 3.63) is 6.54 Å². The lowest BCUT2D eigenvalue weighted by Crippen LogP contribution is -2.31. The van der Waals surface area contributed by atoms with Gasteiger partial charge < -0.3 is 5.32 Å². The Balaban J connectivity index is 1.58. The van der Waals surface area contributed by atoms with Crippen LogP contribution in [0.15, 0.2) is 0 Å². The van der Waals surface area contributed by atoms with Crippen LogP contribution in [0.1, 0.15) is 64.7 Å².